The first-order valence-electron chi connectivity index (χ1n) is 10.1. The zero-order valence-electron chi connectivity index (χ0n) is 16.4. The molecule has 7 nitrogen and oxygen atoms in total. The van der Waals surface area contributed by atoms with Crippen LogP contribution in [-0.4, -0.2) is 41.8 Å². The maximum atomic E-state index is 12.7. The number of amides is 3. The number of furan rings is 1. The summed E-state index contributed by atoms with van der Waals surface area (Å²) in [5.74, 6) is 0.972. The van der Waals surface area contributed by atoms with Crippen molar-refractivity contribution >= 4 is 23.4 Å². The summed E-state index contributed by atoms with van der Waals surface area (Å²) in [6, 6.07) is 10.5. The highest BCUT2D eigenvalue weighted by molar-refractivity contribution is 5.97. The average Bonchev–Trinajstić information content (AvgIpc) is 3.49. The molecule has 2 aliphatic rings. The van der Waals surface area contributed by atoms with Gasteiger partial charge in [0.15, 0.2) is 5.76 Å². The average molecular weight is 395 g/mol. The highest BCUT2D eigenvalue weighted by atomic mass is 16.3. The van der Waals surface area contributed by atoms with Crippen LogP contribution in [0.2, 0.25) is 0 Å². The molecule has 4 rings (SSSR count). The van der Waals surface area contributed by atoms with Crippen LogP contribution in [-0.2, 0) is 4.79 Å². The highest BCUT2D eigenvalue weighted by Gasteiger charge is 2.29. The lowest BCUT2D eigenvalue weighted by molar-refractivity contribution is -0.117. The first-order valence-corrected chi connectivity index (χ1v) is 10.1. The molecule has 0 atom stereocenters. The predicted molar refractivity (Wildman–Crippen MR) is 108 cm³/mol. The maximum Gasteiger partial charge on any atom is 0.287 e. The number of piperidine rings is 1. The van der Waals surface area contributed by atoms with Crippen molar-refractivity contribution in [2.45, 2.75) is 38.6 Å². The Morgan fingerprint density at radius 1 is 0.966 bits per heavy atom. The molecule has 29 heavy (non-hydrogen) atoms. The van der Waals surface area contributed by atoms with Crippen molar-refractivity contribution < 1.29 is 18.8 Å². The van der Waals surface area contributed by atoms with Crippen molar-refractivity contribution in [3.63, 3.8) is 0 Å². The Kier molecular flexibility index (Phi) is 5.38. The van der Waals surface area contributed by atoms with E-state index in [1.165, 1.54) is 0 Å². The summed E-state index contributed by atoms with van der Waals surface area (Å²) in [6.45, 7) is 2.97. The Bertz CT molecular complexity index is 906. The topological polar surface area (TPSA) is 91.7 Å². The van der Waals surface area contributed by atoms with Gasteiger partial charge < -0.3 is 20.0 Å². The molecule has 1 saturated heterocycles. The van der Waals surface area contributed by atoms with E-state index >= 15 is 0 Å². The van der Waals surface area contributed by atoms with E-state index in [1.54, 1.807) is 48.2 Å². The first-order chi connectivity index (χ1) is 14.0. The summed E-state index contributed by atoms with van der Waals surface area (Å²) in [4.78, 5) is 38.6. The number of hydrogen-bond acceptors (Lipinski definition) is 4. The van der Waals surface area contributed by atoms with Gasteiger partial charge in [-0.1, -0.05) is 0 Å². The number of nitrogens with zero attached hydrogens (tertiary/aromatic N) is 1. The molecule has 2 heterocycles. The van der Waals surface area contributed by atoms with Crippen LogP contribution in [0, 0.1) is 12.8 Å². The van der Waals surface area contributed by atoms with Gasteiger partial charge in [0, 0.05) is 36.3 Å². The molecule has 2 fully saturated rings. The minimum absolute atomic E-state index is 0.0250. The molecule has 0 bridgehead atoms. The molecular formula is C22H25N3O4. The molecular weight excluding hydrogens is 370 g/mol. The highest BCUT2D eigenvalue weighted by Crippen LogP contribution is 2.30. The molecule has 1 saturated carbocycles. The van der Waals surface area contributed by atoms with Gasteiger partial charge in [-0.15, -0.1) is 0 Å². The van der Waals surface area contributed by atoms with Crippen LogP contribution >= 0.6 is 0 Å². The van der Waals surface area contributed by atoms with Gasteiger partial charge >= 0.3 is 0 Å². The molecule has 1 aliphatic heterocycles. The van der Waals surface area contributed by atoms with Crippen LogP contribution in [0.25, 0.3) is 0 Å². The van der Waals surface area contributed by atoms with Crippen LogP contribution in [0.4, 0.5) is 5.69 Å². The fraction of sp³-hybridized carbons (Fsp3) is 0.409. The second-order valence-corrected chi connectivity index (χ2v) is 7.79. The number of nitrogens with one attached hydrogen (secondary N) is 2. The number of hydrogen-bond donors (Lipinski definition) is 2. The van der Waals surface area contributed by atoms with Crippen LogP contribution in [0.15, 0.2) is 40.8 Å². The van der Waals surface area contributed by atoms with E-state index in [1.807, 2.05) is 0 Å². The van der Waals surface area contributed by atoms with Gasteiger partial charge in [0.05, 0.1) is 0 Å². The van der Waals surface area contributed by atoms with E-state index in [0.717, 1.165) is 12.8 Å². The monoisotopic (exact) mass is 395 g/mol. The number of benzene rings is 1. The van der Waals surface area contributed by atoms with Gasteiger partial charge in [-0.05, 0) is 69.0 Å². The van der Waals surface area contributed by atoms with Gasteiger partial charge in [0.2, 0.25) is 5.91 Å². The molecule has 1 aromatic heterocycles. The van der Waals surface area contributed by atoms with Gasteiger partial charge in [0.25, 0.3) is 11.8 Å². The lowest BCUT2D eigenvalue weighted by Crippen LogP contribution is -2.46. The summed E-state index contributed by atoms with van der Waals surface area (Å²) in [7, 11) is 0. The predicted octanol–water partition coefficient (Wildman–Crippen LogP) is 2.97. The van der Waals surface area contributed by atoms with E-state index in [4.69, 9.17) is 4.42 Å². The van der Waals surface area contributed by atoms with Gasteiger partial charge in [-0.2, -0.15) is 0 Å². The van der Waals surface area contributed by atoms with E-state index in [2.05, 4.69) is 10.6 Å². The molecule has 152 valence electrons. The molecule has 3 amide bonds. The van der Waals surface area contributed by atoms with E-state index in [-0.39, 0.29) is 29.7 Å². The quantitative estimate of drug-likeness (QED) is 0.814. The summed E-state index contributed by atoms with van der Waals surface area (Å²) in [6.07, 6.45) is 3.32. The zero-order valence-corrected chi connectivity index (χ0v) is 16.4. The zero-order chi connectivity index (χ0) is 20.4. The Hall–Kier alpha value is -3.09. The standard InChI is InChI=1S/C22H25N3O4/c1-14-2-9-19(29-14)21(27)24-18-10-12-25(13-11-18)22(28)16-5-7-17(8-6-16)23-20(26)15-3-4-15/h2,5-9,15,18H,3-4,10-13H2,1H3,(H,23,26)(H,24,27). The Balaban J connectivity index is 1.27. The van der Waals surface area contributed by atoms with Crippen molar-refractivity contribution in [2.75, 3.05) is 18.4 Å². The molecule has 7 heteroatoms. The molecule has 1 aromatic carbocycles. The van der Waals surface area contributed by atoms with Crippen molar-refractivity contribution in [1.82, 2.24) is 10.2 Å². The molecule has 2 N–H and O–H groups in total. The largest absolute Gasteiger partial charge is 0.456 e. The summed E-state index contributed by atoms with van der Waals surface area (Å²) < 4.78 is 5.35. The van der Waals surface area contributed by atoms with E-state index < -0.39 is 0 Å². The fourth-order valence-corrected chi connectivity index (χ4v) is 3.51. The van der Waals surface area contributed by atoms with Gasteiger partial charge in [-0.25, -0.2) is 0 Å². The lowest BCUT2D eigenvalue weighted by atomic mass is 10.0. The third-order valence-electron chi connectivity index (χ3n) is 5.43. The summed E-state index contributed by atoms with van der Waals surface area (Å²) >= 11 is 0. The van der Waals surface area contributed by atoms with Crippen LogP contribution in [0.1, 0.15) is 52.4 Å². The van der Waals surface area contributed by atoms with E-state index in [0.29, 0.717) is 48.7 Å². The van der Waals surface area contributed by atoms with Crippen molar-refractivity contribution in [1.29, 1.82) is 0 Å². The minimum atomic E-state index is -0.216. The maximum absolute atomic E-state index is 12.7. The number of anilines is 1. The normalized spacial score (nSPS) is 17.1. The SMILES string of the molecule is Cc1ccc(C(=O)NC2CCN(C(=O)c3ccc(NC(=O)C4CC4)cc3)CC2)o1. The molecule has 0 radical (unpaired) electrons. The van der Waals surface area contributed by atoms with Crippen molar-refractivity contribution in [3.8, 4) is 0 Å². The van der Waals surface area contributed by atoms with Crippen molar-refractivity contribution in [2.24, 2.45) is 5.92 Å². The van der Waals surface area contributed by atoms with Crippen LogP contribution < -0.4 is 10.6 Å². The van der Waals surface area contributed by atoms with Crippen molar-refractivity contribution in [3.05, 3.63) is 53.5 Å². The Labute approximate surface area is 169 Å². The molecule has 0 unspecified atom stereocenters. The van der Waals surface area contributed by atoms with Gasteiger partial charge in [-0.3, -0.25) is 14.4 Å². The first kappa shape index (κ1) is 19.2. The molecule has 0 spiro atoms. The van der Waals surface area contributed by atoms with Crippen LogP contribution in [0.5, 0.6) is 0 Å². The number of carbonyl (C=O) groups excluding carboxylic acids is 3. The molecule has 1 aliphatic carbocycles. The van der Waals surface area contributed by atoms with Crippen LogP contribution in [0.3, 0.4) is 0 Å². The van der Waals surface area contributed by atoms with Gasteiger partial charge in [0.1, 0.15) is 5.76 Å². The number of aryl methyl sites for hydroxylation is 1. The summed E-state index contributed by atoms with van der Waals surface area (Å²) in [5, 5.41) is 5.85. The Morgan fingerprint density at radius 2 is 1.66 bits per heavy atom. The third kappa shape index (κ3) is 4.67. The minimum Gasteiger partial charge on any atom is -0.456 e. The second-order valence-electron chi connectivity index (χ2n) is 7.79. The lowest BCUT2D eigenvalue weighted by Gasteiger charge is -2.32. The summed E-state index contributed by atoms with van der Waals surface area (Å²) in [5.41, 5.74) is 1.32. The fourth-order valence-electron chi connectivity index (χ4n) is 3.51. The smallest absolute Gasteiger partial charge is 0.287 e. The second kappa shape index (κ2) is 8.11. The Morgan fingerprint density at radius 3 is 2.24 bits per heavy atom. The molecule has 2 aromatic rings. The number of likely N-dealkylation sites (tertiary alicyclic amines) is 1. The number of carbonyl (C=O) groups is 3. The third-order valence-corrected chi connectivity index (χ3v) is 5.43. The number of rotatable bonds is 5. The van der Waals surface area contributed by atoms with E-state index in [9.17, 15) is 14.4 Å².